The Labute approximate surface area is 270 Å². The molecular weight excluding hydrogens is 619 g/mol. The highest BCUT2D eigenvalue weighted by Crippen LogP contribution is 2.27. The average molecular weight is 681 g/mol. The number of carbonyl (C=O) groups is 1. The zero-order valence-electron chi connectivity index (χ0n) is 27.3. The zero-order chi connectivity index (χ0) is 35.5. The second kappa shape index (κ2) is 29.9. The molecule has 15 N–H and O–H groups in total. The van der Waals surface area contributed by atoms with Gasteiger partial charge in [0.25, 0.3) is 0 Å². The molecule has 2 heterocycles. The van der Waals surface area contributed by atoms with Crippen LogP contribution in [0.2, 0.25) is 0 Å². The summed E-state index contributed by atoms with van der Waals surface area (Å²) in [6, 6.07) is 0.0312. The van der Waals surface area contributed by atoms with Gasteiger partial charge in [-0.2, -0.15) is 4.94 Å². The topological polar surface area (TPSA) is 301 Å². The minimum absolute atomic E-state index is 0.00560. The van der Waals surface area contributed by atoms with Crippen molar-refractivity contribution < 1.29 is 64.3 Å². The third-order valence-corrected chi connectivity index (χ3v) is 7.01. The summed E-state index contributed by atoms with van der Waals surface area (Å²) in [5.41, 5.74) is 16.6. The summed E-state index contributed by atoms with van der Waals surface area (Å²) < 4.78 is 28.0. The lowest BCUT2D eigenvalue weighted by molar-refractivity contribution is -0.324. The summed E-state index contributed by atoms with van der Waals surface area (Å²) in [7, 11) is 3.89. The third-order valence-electron chi connectivity index (χ3n) is 7.01. The van der Waals surface area contributed by atoms with E-state index in [2.05, 4.69) is 20.3 Å². The maximum atomic E-state index is 11.4. The number of ether oxygens (including phenoxy) is 3. The summed E-state index contributed by atoms with van der Waals surface area (Å²) in [6.45, 7) is 2.16. The molecule has 1 aliphatic carbocycles. The lowest BCUT2D eigenvalue weighted by Gasteiger charge is -2.40. The Kier molecular flexibility index (Phi) is 30.4. The van der Waals surface area contributed by atoms with E-state index >= 15 is 0 Å². The van der Waals surface area contributed by atoms with Crippen LogP contribution in [-0.2, 0) is 23.9 Å². The molecule has 18 nitrogen and oxygen atoms in total. The van der Waals surface area contributed by atoms with Crippen LogP contribution in [0.1, 0.15) is 44.9 Å². The van der Waals surface area contributed by atoms with Crippen LogP contribution in [0.4, 0.5) is 4.53 Å². The monoisotopic (exact) mass is 680 g/mol. The fraction of sp³-hybridized carbons (Fsp3) is 0.963. The molecule has 3 rings (SSSR count). The summed E-state index contributed by atoms with van der Waals surface area (Å²) in [5.74, 6) is 0. The Bertz CT molecular complexity index is 689. The summed E-state index contributed by atoms with van der Waals surface area (Å²) >= 11 is 0. The van der Waals surface area contributed by atoms with Gasteiger partial charge in [0.05, 0.1) is 37.6 Å². The molecule has 0 spiro atoms. The normalized spacial score (nSPS) is 31.1. The molecule has 0 radical (unpaired) electrons. The van der Waals surface area contributed by atoms with Crippen LogP contribution < -0.4 is 27.8 Å². The highest BCUT2D eigenvalue weighted by atomic mass is 19.3. The Morgan fingerprint density at radius 3 is 2.24 bits per heavy atom. The van der Waals surface area contributed by atoms with E-state index in [1.54, 1.807) is 0 Å². The minimum Gasteiger partial charge on any atom is -0.400 e. The molecule has 2 saturated heterocycles. The van der Waals surface area contributed by atoms with Gasteiger partial charge in [0.2, 0.25) is 12.7 Å². The number of rotatable bonds is 13. The van der Waals surface area contributed by atoms with Gasteiger partial charge in [0.1, 0.15) is 12.2 Å². The van der Waals surface area contributed by atoms with Crippen molar-refractivity contribution in [3.8, 4) is 0 Å². The van der Waals surface area contributed by atoms with Gasteiger partial charge in [-0.15, -0.1) is 0 Å². The SMILES string of the molecule is CNC1CC(N)[C@@H](O[C@@H]2CCCC(CNCC(O)CCN)O2)C(O)C1.CO.CO.NCCN(O)C=O.OC1COC(OF)C(O)C1. The minimum atomic E-state index is -1.23. The fourth-order valence-corrected chi connectivity index (χ4v) is 4.74. The highest BCUT2D eigenvalue weighted by Gasteiger charge is 2.38. The predicted octanol–water partition coefficient (Wildman–Crippen LogP) is -4.00. The molecule has 0 aromatic rings. The molecule has 0 bridgehead atoms. The first kappa shape index (κ1) is 46.9. The van der Waals surface area contributed by atoms with Crippen LogP contribution in [-0.4, -0.2) is 169 Å². The maximum absolute atomic E-state index is 11.4. The summed E-state index contributed by atoms with van der Waals surface area (Å²) in [6.07, 6.45) is 0.532. The molecule has 10 atom stereocenters. The largest absolute Gasteiger partial charge is 0.400 e. The number of carbonyl (C=O) groups excluding carboxylic acids is 1. The first-order valence-electron chi connectivity index (χ1n) is 15.3. The van der Waals surface area contributed by atoms with Crippen molar-refractivity contribution in [2.45, 2.75) is 106 Å². The Morgan fingerprint density at radius 2 is 1.74 bits per heavy atom. The van der Waals surface area contributed by atoms with E-state index in [4.69, 9.17) is 52.3 Å². The van der Waals surface area contributed by atoms with Crippen LogP contribution in [0.5, 0.6) is 0 Å². The van der Waals surface area contributed by atoms with E-state index in [-0.39, 0.29) is 56.7 Å². The van der Waals surface area contributed by atoms with Gasteiger partial charge in [-0.25, -0.2) is 5.06 Å². The van der Waals surface area contributed by atoms with Crippen molar-refractivity contribution in [3.05, 3.63) is 0 Å². The molecule has 19 heteroatoms. The van der Waals surface area contributed by atoms with Crippen LogP contribution in [0.25, 0.3) is 0 Å². The van der Waals surface area contributed by atoms with Gasteiger partial charge in [-0.3, -0.25) is 10.0 Å². The van der Waals surface area contributed by atoms with E-state index in [0.717, 1.165) is 39.9 Å². The molecule has 8 unspecified atom stereocenters. The predicted molar refractivity (Wildman–Crippen MR) is 164 cm³/mol. The van der Waals surface area contributed by atoms with E-state index < -0.39 is 30.7 Å². The molecule has 1 amide bonds. The quantitative estimate of drug-likeness (QED) is 0.0501. The van der Waals surface area contributed by atoms with Crippen LogP contribution in [0.15, 0.2) is 0 Å². The number of nitrogens with one attached hydrogen (secondary N) is 2. The third kappa shape index (κ3) is 20.9. The zero-order valence-corrected chi connectivity index (χ0v) is 27.3. The molecule has 3 fully saturated rings. The van der Waals surface area contributed by atoms with E-state index in [1.807, 2.05) is 7.05 Å². The molecule has 0 aromatic heterocycles. The van der Waals surface area contributed by atoms with Gasteiger partial charge < -0.3 is 72.7 Å². The number of amides is 1. The van der Waals surface area contributed by atoms with Gasteiger partial charge in [0.15, 0.2) is 6.29 Å². The number of nitrogens with zero attached hydrogens (tertiary/aromatic N) is 1. The summed E-state index contributed by atoms with van der Waals surface area (Å²) in [4.78, 5) is 12.8. The number of hydroxylamine groups is 2. The van der Waals surface area contributed by atoms with Crippen molar-refractivity contribution in [3.63, 3.8) is 0 Å². The first-order valence-corrected chi connectivity index (χ1v) is 15.3. The Balaban J connectivity index is 0. The standard InChI is InChI=1S/C17H36N4O4.C5H9FO4.C3H8N2O2.2CH4O/c1-20-11-7-14(19)17(15(23)8-11)25-16-4-2-3-13(24-16)10-21-9-12(22)5-6-18;6-10-5-4(8)1-3(7)2-9-5;4-1-2-5(7)3-6;2*1-2/h11-17,20-23H,2-10,18-19H2,1H3;3-5,7-8H,1-2H2;3,7H,1-2,4H2;2*2H,1H3/t11?,12?,13?,14?,15?,16-,17-;;;;/m1..../s1. The van der Waals surface area contributed by atoms with Gasteiger partial charge in [-0.1, -0.05) is 0 Å². The van der Waals surface area contributed by atoms with Crippen LogP contribution in [0, 0.1) is 0 Å². The van der Waals surface area contributed by atoms with Gasteiger partial charge >= 0.3 is 0 Å². The maximum Gasteiger partial charge on any atom is 0.233 e. The van der Waals surface area contributed by atoms with Crippen LogP contribution in [0.3, 0.4) is 0 Å². The van der Waals surface area contributed by atoms with E-state index in [0.29, 0.717) is 43.9 Å². The van der Waals surface area contributed by atoms with Crippen LogP contribution >= 0.6 is 0 Å². The fourth-order valence-electron chi connectivity index (χ4n) is 4.74. The number of hydrogen-bond donors (Lipinski definition) is 12. The Hall–Kier alpha value is -1.24. The first-order chi connectivity index (χ1) is 22.1. The van der Waals surface area contributed by atoms with E-state index in [9.17, 15) is 19.5 Å². The van der Waals surface area contributed by atoms with Crippen molar-refractivity contribution in [1.29, 1.82) is 0 Å². The van der Waals surface area contributed by atoms with Crippen molar-refractivity contribution in [2.24, 2.45) is 17.2 Å². The molecule has 46 heavy (non-hydrogen) atoms. The molecule has 3 aliphatic rings. The molecule has 278 valence electrons. The highest BCUT2D eigenvalue weighted by molar-refractivity contribution is 5.44. The number of halogens is 1. The second-order valence-electron chi connectivity index (χ2n) is 10.6. The van der Waals surface area contributed by atoms with Gasteiger partial charge in [-0.05, 0) is 56.6 Å². The molecule has 1 saturated carbocycles. The van der Waals surface area contributed by atoms with Crippen molar-refractivity contribution in [2.75, 3.05) is 60.6 Å². The van der Waals surface area contributed by atoms with Crippen molar-refractivity contribution >= 4 is 6.41 Å². The summed E-state index contributed by atoms with van der Waals surface area (Å²) in [5, 5.41) is 66.9. The molecule has 0 aromatic carbocycles. The number of nitrogens with two attached hydrogens (primary N) is 3. The number of hydrogen-bond acceptors (Lipinski definition) is 17. The number of aliphatic hydroxyl groups excluding tert-OH is 6. The van der Waals surface area contributed by atoms with Gasteiger partial charge in [0, 0.05) is 52.4 Å². The van der Waals surface area contributed by atoms with Crippen molar-refractivity contribution in [1.82, 2.24) is 15.7 Å². The number of aliphatic hydroxyl groups is 6. The smallest absolute Gasteiger partial charge is 0.233 e. The lowest BCUT2D eigenvalue weighted by Crippen LogP contribution is -2.56. The Morgan fingerprint density at radius 1 is 1.07 bits per heavy atom. The average Bonchev–Trinajstić information content (AvgIpc) is 3.05. The molecular formula is C27H61FN6O12. The molecule has 2 aliphatic heterocycles. The second-order valence-corrected chi connectivity index (χ2v) is 10.6. The lowest BCUT2D eigenvalue weighted by atomic mass is 9.86. The van der Waals surface area contributed by atoms with E-state index in [1.165, 1.54) is 0 Å².